The molecule has 1 aliphatic heterocycles. The summed E-state index contributed by atoms with van der Waals surface area (Å²) < 4.78 is 32.6. The fraction of sp³-hybridized carbons (Fsp3) is 0.300. The number of benzene rings is 1. The van der Waals surface area contributed by atoms with Crippen molar-refractivity contribution in [1.82, 2.24) is 9.97 Å². The number of aromatic amines is 1. The lowest BCUT2D eigenvalue weighted by Gasteiger charge is -2.36. The van der Waals surface area contributed by atoms with Crippen LogP contribution in [0.3, 0.4) is 0 Å². The van der Waals surface area contributed by atoms with Crippen LogP contribution in [0.4, 0.5) is 30.8 Å². The van der Waals surface area contributed by atoms with Crippen molar-refractivity contribution in [3.8, 4) is 0 Å². The van der Waals surface area contributed by atoms with Crippen LogP contribution < -0.4 is 15.5 Å². The molecule has 0 spiro atoms. The SMILES string of the molecule is C[C@@H]1CN(c2ncc(NC(=O)Nc3c[nH]c4cc(F)c(F)cc34)cc2Cl)C[C@@H](C)O1. The van der Waals surface area contributed by atoms with E-state index in [-0.39, 0.29) is 12.2 Å². The van der Waals surface area contributed by atoms with Crippen molar-refractivity contribution < 1.29 is 18.3 Å². The molecule has 7 nitrogen and oxygen atoms in total. The Hall–Kier alpha value is -2.91. The van der Waals surface area contributed by atoms with E-state index >= 15 is 0 Å². The fourth-order valence-electron chi connectivity index (χ4n) is 3.59. The number of morpholine rings is 1. The van der Waals surface area contributed by atoms with E-state index in [1.54, 1.807) is 6.07 Å². The number of carbonyl (C=O) groups excluding carboxylic acids is 1. The summed E-state index contributed by atoms with van der Waals surface area (Å²) in [5, 5.41) is 5.99. The summed E-state index contributed by atoms with van der Waals surface area (Å²) in [5.41, 5.74) is 1.08. The zero-order chi connectivity index (χ0) is 21.4. The molecule has 1 fully saturated rings. The predicted octanol–water partition coefficient (Wildman–Crippen LogP) is 4.75. The lowest BCUT2D eigenvalue weighted by atomic mass is 10.2. The first-order chi connectivity index (χ1) is 14.3. The standard InChI is InChI=1S/C20H20ClF2N5O2/c1-10-8-28(9-11(2)30-10)19-14(21)3-12(6-25-19)26-20(29)27-18-7-24-17-5-16(23)15(22)4-13(17)18/h3-7,10-11,24H,8-9H2,1-2H3,(H2,26,27,29)/t10-,11-/m1/s1. The van der Waals surface area contributed by atoms with Crippen LogP contribution in [-0.4, -0.2) is 41.3 Å². The molecule has 2 aromatic heterocycles. The van der Waals surface area contributed by atoms with Crippen LogP contribution in [0.5, 0.6) is 0 Å². The minimum absolute atomic E-state index is 0.0599. The average Bonchev–Trinajstić information content (AvgIpc) is 3.02. The molecular formula is C20H20ClF2N5O2. The number of fused-ring (bicyclic) bond motifs is 1. The van der Waals surface area contributed by atoms with Crippen LogP contribution in [0.1, 0.15) is 13.8 Å². The van der Waals surface area contributed by atoms with Gasteiger partial charge in [-0.3, -0.25) is 0 Å². The van der Waals surface area contributed by atoms with Crippen molar-refractivity contribution >= 4 is 45.7 Å². The molecule has 1 saturated heterocycles. The first kappa shape index (κ1) is 20.4. The van der Waals surface area contributed by atoms with Crippen LogP contribution in [0.25, 0.3) is 10.9 Å². The smallest absolute Gasteiger partial charge is 0.323 e. The molecule has 0 radical (unpaired) electrons. The maximum absolute atomic E-state index is 13.5. The van der Waals surface area contributed by atoms with Crippen molar-refractivity contribution in [3.63, 3.8) is 0 Å². The Bertz CT molecular complexity index is 1100. The topological polar surface area (TPSA) is 82.3 Å². The van der Waals surface area contributed by atoms with Gasteiger partial charge in [0.15, 0.2) is 11.6 Å². The van der Waals surface area contributed by atoms with Gasteiger partial charge in [0, 0.05) is 30.7 Å². The van der Waals surface area contributed by atoms with Gasteiger partial charge >= 0.3 is 6.03 Å². The first-order valence-electron chi connectivity index (χ1n) is 9.40. The second-order valence-electron chi connectivity index (χ2n) is 7.29. The summed E-state index contributed by atoms with van der Waals surface area (Å²) in [6.07, 6.45) is 3.09. The molecule has 10 heteroatoms. The average molecular weight is 436 g/mol. The molecule has 3 N–H and O–H groups in total. The highest BCUT2D eigenvalue weighted by molar-refractivity contribution is 6.33. The number of hydrogen-bond donors (Lipinski definition) is 3. The number of urea groups is 1. The van der Waals surface area contributed by atoms with E-state index in [9.17, 15) is 13.6 Å². The number of amides is 2. The molecule has 158 valence electrons. The predicted molar refractivity (Wildman–Crippen MR) is 112 cm³/mol. The maximum atomic E-state index is 13.5. The third kappa shape index (κ3) is 4.17. The number of hydrogen-bond acceptors (Lipinski definition) is 4. The maximum Gasteiger partial charge on any atom is 0.323 e. The monoisotopic (exact) mass is 435 g/mol. The van der Waals surface area contributed by atoms with Gasteiger partial charge < -0.3 is 25.3 Å². The van der Waals surface area contributed by atoms with Crippen LogP contribution in [0.2, 0.25) is 5.02 Å². The van der Waals surface area contributed by atoms with Gasteiger partial charge in [-0.05, 0) is 26.0 Å². The summed E-state index contributed by atoms with van der Waals surface area (Å²) >= 11 is 6.40. The first-order valence-corrected chi connectivity index (χ1v) is 9.78. The van der Waals surface area contributed by atoms with E-state index in [4.69, 9.17) is 16.3 Å². The van der Waals surface area contributed by atoms with Gasteiger partial charge in [0.2, 0.25) is 0 Å². The van der Waals surface area contributed by atoms with E-state index in [0.717, 1.165) is 12.1 Å². The van der Waals surface area contributed by atoms with Gasteiger partial charge in [0.05, 0.1) is 40.3 Å². The second-order valence-corrected chi connectivity index (χ2v) is 7.69. The normalized spacial score (nSPS) is 19.2. The highest BCUT2D eigenvalue weighted by Crippen LogP contribution is 2.29. The summed E-state index contributed by atoms with van der Waals surface area (Å²) in [5.74, 6) is -1.34. The number of pyridine rings is 1. The second kappa shape index (κ2) is 8.08. The number of nitrogens with one attached hydrogen (secondary N) is 3. The third-order valence-electron chi connectivity index (χ3n) is 4.77. The van der Waals surface area contributed by atoms with Gasteiger partial charge in [-0.2, -0.15) is 0 Å². The van der Waals surface area contributed by atoms with Crippen molar-refractivity contribution in [2.24, 2.45) is 0 Å². The molecule has 0 bridgehead atoms. The Balaban J connectivity index is 1.46. The molecule has 1 aliphatic rings. The largest absolute Gasteiger partial charge is 0.372 e. The minimum atomic E-state index is -0.996. The van der Waals surface area contributed by atoms with E-state index in [1.807, 2.05) is 18.7 Å². The fourth-order valence-corrected chi connectivity index (χ4v) is 3.87. The van der Waals surface area contributed by atoms with E-state index < -0.39 is 17.7 Å². The highest BCUT2D eigenvalue weighted by atomic mass is 35.5. The summed E-state index contributed by atoms with van der Waals surface area (Å²) in [6, 6.07) is 3.09. The Kier molecular flexibility index (Phi) is 5.48. The minimum Gasteiger partial charge on any atom is -0.372 e. The van der Waals surface area contributed by atoms with Gasteiger partial charge in [-0.1, -0.05) is 11.6 Å². The molecule has 2 atom stereocenters. The number of anilines is 3. The van der Waals surface area contributed by atoms with Gasteiger partial charge in [0.1, 0.15) is 5.82 Å². The molecule has 1 aromatic carbocycles. The van der Waals surface area contributed by atoms with Crippen molar-refractivity contribution in [1.29, 1.82) is 0 Å². The molecule has 3 aromatic rings. The number of carbonyl (C=O) groups is 1. The molecular weight excluding hydrogens is 416 g/mol. The van der Waals surface area contributed by atoms with Gasteiger partial charge in [-0.25, -0.2) is 18.6 Å². The molecule has 3 heterocycles. The molecule has 0 saturated carbocycles. The van der Waals surface area contributed by atoms with Crippen molar-refractivity contribution in [2.75, 3.05) is 28.6 Å². The molecule has 0 aliphatic carbocycles. The van der Waals surface area contributed by atoms with Crippen molar-refractivity contribution in [2.45, 2.75) is 26.1 Å². The van der Waals surface area contributed by atoms with Crippen LogP contribution in [0.15, 0.2) is 30.6 Å². The molecule has 0 unspecified atom stereocenters. The highest BCUT2D eigenvalue weighted by Gasteiger charge is 2.25. The van der Waals surface area contributed by atoms with Crippen LogP contribution in [-0.2, 0) is 4.74 Å². The van der Waals surface area contributed by atoms with E-state index in [2.05, 4.69) is 20.6 Å². The summed E-state index contributed by atoms with van der Waals surface area (Å²) in [4.78, 5) is 21.6. The van der Waals surface area contributed by atoms with Crippen LogP contribution >= 0.6 is 11.6 Å². The number of H-pyrrole nitrogens is 1. The molecule has 4 rings (SSSR count). The number of nitrogens with zero attached hydrogens (tertiary/aromatic N) is 2. The number of aromatic nitrogens is 2. The lowest BCUT2D eigenvalue weighted by Crippen LogP contribution is -2.46. The Morgan fingerprint density at radius 2 is 1.90 bits per heavy atom. The molecule has 30 heavy (non-hydrogen) atoms. The summed E-state index contributed by atoms with van der Waals surface area (Å²) in [7, 11) is 0. The number of halogens is 3. The quantitative estimate of drug-likeness (QED) is 0.554. The number of rotatable bonds is 3. The zero-order valence-electron chi connectivity index (χ0n) is 16.3. The van der Waals surface area contributed by atoms with Crippen LogP contribution in [0, 0.1) is 11.6 Å². The van der Waals surface area contributed by atoms with Gasteiger partial charge in [-0.15, -0.1) is 0 Å². The van der Waals surface area contributed by atoms with Gasteiger partial charge in [0.25, 0.3) is 0 Å². The van der Waals surface area contributed by atoms with Crippen molar-refractivity contribution in [3.05, 3.63) is 47.2 Å². The summed E-state index contributed by atoms with van der Waals surface area (Å²) in [6.45, 7) is 5.31. The Labute approximate surface area is 176 Å². The molecule has 2 amide bonds. The van der Waals surface area contributed by atoms with E-state index in [1.165, 1.54) is 12.4 Å². The third-order valence-corrected chi connectivity index (χ3v) is 5.05. The Morgan fingerprint density at radius 3 is 2.60 bits per heavy atom. The Morgan fingerprint density at radius 1 is 1.20 bits per heavy atom. The lowest BCUT2D eigenvalue weighted by molar-refractivity contribution is -0.00544. The van der Waals surface area contributed by atoms with E-state index in [0.29, 0.717) is 46.2 Å². The zero-order valence-corrected chi connectivity index (χ0v) is 17.1. The number of ether oxygens (including phenoxy) is 1.